The number of ether oxygens (including phenoxy) is 2. The van der Waals surface area contributed by atoms with Crippen LogP contribution in [0.15, 0.2) is 35.4 Å². The van der Waals surface area contributed by atoms with Crippen LogP contribution in [0.2, 0.25) is 0 Å². The van der Waals surface area contributed by atoms with Gasteiger partial charge in [0.05, 0.1) is 12.1 Å². The molecule has 216 valence electrons. The van der Waals surface area contributed by atoms with Crippen LogP contribution >= 0.6 is 0 Å². The van der Waals surface area contributed by atoms with Crippen molar-refractivity contribution in [3.05, 3.63) is 74.5 Å². The van der Waals surface area contributed by atoms with Gasteiger partial charge in [-0.3, -0.25) is 14.6 Å². The quantitative estimate of drug-likeness (QED) is 0.467. The van der Waals surface area contributed by atoms with Gasteiger partial charge in [-0.05, 0) is 102 Å². The first kappa shape index (κ1) is 27.5. The first-order valence-electron chi connectivity index (χ1n) is 14.7. The third-order valence-corrected chi connectivity index (χ3v) is 9.48. The van der Waals surface area contributed by atoms with Crippen molar-refractivity contribution < 1.29 is 14.3 Å². The van der Waals surface area contributed by atoms with Gasteiger partial charge in [-0.15, -0.1) is 0 Å². The molecule has 1 atom stereocenters. The minimum Gasteiger partial charge on any atom is -0.448 e. The van der Waals surface area contributed by atoms with Crippen molar-refractivity contribution in [2.45, 2.75) is 78.2 Å². The number of amides is 1. The summed E-state index contributed by atoms with van der Waals surface area (Å²) < 4.78 is 13.6. The van der Waals surface area contributed by atoms with Crippen molar-refractivity contribution >= 4 is 5.91 Å². The predicted octanol–water partition coefficient (Wildman–Crippen LogP) is 5.17. The number of hydrogen-bond donors (Lipinski definition) is 1. The van der Waals surface area contributed by atoms with Gasteiger partial charge in [0.15, 0.2) is 11.5 Å². The van der Waals surface area contributed by atoms with Crippen molar-refractivity contribution in [2.24, 2.45) is 5.92 Å². The number of carbonyl (C=O) groups is 1. The highest BCUT2D eigenvalue weighted by Gasteiger charge is 2.49. The highest BCUT2D eigenvalue weighted by atomic mass is 16.7. The standard InChI is InChI=1S/C33H40N4O4/c1-19-17-20(2)35-31(38)26(19)18-37-16-13-25-27(32(37)39)21(3)29-30(28(25)22-11-14-34-15-12-22)41-33(4,40-29)23-7-9-24(10-8-23)36(5)6/h11-12,14-15,17,23-24H,7-10,13,16,18H2,1-6H3,(H,35,38)/t23-,24-,33-/m1/s1. The molecular weight excluding hydrogens is 516 g/mol. The molecular formula is C33H40N4O4. The van der Waals surface area contributed by atoms with E-state index >= 15 is 0 Å². The zero-order chi connectivity index (χ0) is 29.1. The van der Waals surface area contributed by atoms with E-state index in [-0.39, 0.29) is 23.9 Å². The van der Waals surface area contributed by atoms with E-state index in [1.807, 2.05) is 39.0 Å². The largest absolute Gasteiger partial charge is 0.448 e. The number of pyridine rings is 2. The molecule has 8 heteroatoms. The van der Waals surface area contributed by atoms with Gasteiger partial charge in [0.2, 0.25) is 0 Å². The van der Waals surface area contributed by atoms with Gasteiger partial charge in [0.25, 0.3) is 17.3 Å². The number of nitrogens with one attached hydrogen (secondary N) is 1. The van der Waals surface area contributed by atoms with Crippen molar-refractivity contribution in [2.75, 3.05) is 20.6 Å². The Bertz CT molecular complexity index is 1560. The number of aromatic nitrogens is 2. The lowest BCUT2D eigenvalue weighted by atomic mass is 9.81. The maximum absolute atomic E-state index is 14.2. The summed E-state index contributed by atoms with van der Waals surface area (Å²) in [6.45, 7) is 8.61. The number of rotatable bonds is 5. The van der Waals surface area contributed by atoms with E-state index in [9.17, 15) is 9.59 Å². The Morgan fingerprint density at radius 2 is 1.71 bits per heavy atom. The van der Waals surface area contributed by atoms with Crippen LogP contribution in [0.1, 0.15) is 70.9 Å². The lowest BCUT2D eigenvalue weighted by Gasteiger charge is -2.39. The van der Waals surface area contributed by atoms with Crippen molar-refractivity contribution in [3.8, 4) is 22.6 Å². The smallest absolute Gasteiger partial charge is 0.254 e. The molecule has 4 heterocycles. The molecule has 8 nitrogen and oxygen atoms in total. The van der Waals surface area contributed by atoms with E-state index in [1.165, 1.54) is 0 Å². The van der Waals surface area contributed by atoms with Crippen LogP contribution in [0, 0.1) is 26.7 Å². The molecule has 0 unspecified atom stereocenters. The maximum atomic E-state index is 14.2. The van der Waals surface area contributed by atoms with E-state index in [4.69, 9.17) is 9.47 Å². The number of benzene rings is 1. The second kappa shape index (κ2) is 10.3. The SMILES string of the molecule is Cc1cc(C)c(CN2CCc3c(c(C)c4c(c3-c3ccncc3)O[C@](C)([C@H]3CC[C@H](N(C)C)CC3)O4)C2=O)c(=O)[nH]1. The Labute approximate surface area is 241 Å². The Morgan fingerprint density at radius 3 is 2.37 bits per heavy atom. The van der Waals surface area contributed by atoms with E-state index in [0.29, 0.717) is 35.9 Å². The van der Waals surface area contributed by atoms with Crippen LogP contribution in [0.3, 0.4) is 0 Å². The fraction of sp³-hybridized carbons (Fsp3) is 0.485. The molecule has 41 heavy (non-hydrogen) atoms. The van der Waals surface area contributed by atoms with Crippen LogP contribution in [0.5, 0.6) is 11.5 Å². The van der Waals surface area contributed by atoms with Crippen molar-refractivity contribution in [1.82, 2.24) is 19.8 Å². The van der Waals surface area contributed by atoms with Crippen LogP contribution in [0.25, 0.3) is 11.1 Å². The molecule has 1 aromatic carbocycles. The number of carbonyl (C=O) groups excluding carboxylic acids is 1. The van der Waals surface area contributed by atoms with Gasteiger partial charge in [-0.1, -0.05) is 0 Å². The molecule has 1 N–H and O–H groups in total. The number of nitrogens with zero attached hydrogens (tertiary/aromatic N) is 3. The topological polar surface area (TPSA) is 87.8 Å². The van der Waals surface area contributed by atoms with Crippen LogP contribution < -0.4 is 15.0 Å². The summed E-state index contributed by atoms with van der Waals surface area (Å²) in [7, 11) is 4.30. The summed E-state index contributed by atoms with van der Waals surface area (Å²) in [6.07, 6.45) is 8.46. The molecule has 6 rings (SSSR count). The predicted molar refractivity (Wildman–Crippen MR) is 158 cm³/mol. The first-order valence-corrected chi connectivity index (χ1v) is 14.7. The monoisotopic (exact) mass is 556 g/mol. The summed E-state index contributed by atoms with van der Waals surface area (Å²) in [5, 5.41) is 0. The third-order valence-electron chi connectivity index (χ3n) is 9.48. The Morgan fingerprint density at radius 1 is 1.02 bits per heavy atom. The normalized spacial score (nSPS) is 23.7. The second-order valence-corrected chi connectivity index (χ2v) is 12.4. The summed E-state index contributed by atoms with van der Waals surface area (Å²) in [6, 6.07) is 6.47. The molecule has 0 spiro atoms. The van der Waals surface area contributed by atoms with E-state index in [0.717, 1.165) is 64.9 Å². The Hall–Kier alpha value is -3.65. The first-order chi connectivity index (χ1) is 19.6. The summed E-state index contributed by atoms with van der Waals surface area (Å²) in [5.74, 6) is 0.760. The molecule has 2 aliphatic heterocycles. The summed E-state index contributed by atoms with van der Waals surface area (Å²) in [4.78, 5) is 38.2. The minimum atomic E-state index is -0.800. The average Bonchev–Trinajstić information content (AvgIpc) is 3.31. The molecule has 0 bridgehead atoms. The lowest BCUT2D eigenvalue weighted by Crippen LogP contribution is -2.46. The third kappa shape index (κ3) is 4.72. The molecule has 2 aromatic heterocycles. The van der Waals surface area contributed by atoms with Gasteiger partial charge in [-0.25, -0.2) is 0 Å². The van der Waals surface area contributed by atoms with Gasteiger partial charge < -0.3 is 24.3 Å². The zero-order valence-electron chi connectivity index (χ0n) is 25.0. The van der Waals surface area contributed by atoms with E-state index in [1.54, 1.807) is 17.3 Å². The number of aromatic amines is 1. The Balaban J connectivity index is 1.40. The van der Waals surface area contributed by atoms with Gasteiger partial charge in [0.1, 0.15) is 0 Å². The van der Waals surface area contributed by atoms with E-state index in [2.05, 4.69) is 35.9 Å². The minimum absolute atomic E-state index is 0.0788. The molecule has 0 saturated heterocycles. The van der Waals surface area contributed by atoms with Crippen LogP contribution in [-0.2, 0) is 13.0 Å². The van der Waals surface area contributed by atoms with Gasteiger partial charge in [-0.2, -0.15) is 0 Å². The second-order valence-electron chi connectivity index (χ2n) is 12.4. The van der Waals surface area contributed by atoms with Crippen molar-refractivity contribution in [1.29, 1.82) is 0 Å². The average molecular weight is 557 g/mol. The Kier molecular flexibility index (Phi) is 6.92. The molecule has 3 aliphatic rings. The fourth-order valence-corrected chi connectivity index (χ4v) is 7.11. The summed E-state index contributed by atoms with van der Waals surface area (Å²) in [5.41, 5.74) is 6.53. The molecule has 1 saturated carbocycles. The highest BCUT2D eigenvalue weighted by molar-refractivity contribution is 6.02. The van der Waals surface area contributed by atoms with Crippen LogP contribution in [-0.4, -0.2) is 58.1 Å². The molecule has 3 aromatic rings. The van der Waals surface area contributed by atoms with Crippen molar-refractivity contribution in [3.63, 3.8) is 0 Å². The van der Waals surface area contributed by atoms with Gasteiger partial charge in [0, 0.05) is 60.2 Å². The van der Waals surface area contributed by atoms with Gasteiger partial charge >= 0.3 is 0 Å². The number of fused-ring (bicyclic) bond motifs is 2. The molecule has 0 radical (unpaired) electrons. The highest BCUT2D eigenvalue weighted by Crippen LogP contribution is 2.55. The number of hydrogen-bond acceptors (Lipinski definition) is 6. The summed E-state index contributed by atoms with van der Waals surface area (Å²) >= 11 is 0. The molecule has 1 aliphatic carbocycles. The molecule has 1 fully saturated rings. The number of aryl methyl sites for hydroxylation is 2. The number of H-pyrrole nitrogens is 1. The fourth-order valence-electron chi connectivity index (χ4n) is 7.11. The zero-order valence-corrected chi connectivity index (χ0v) is 25.0. The molecule has 1 amide bonds. The lowest BCUT2D eigenvalue weighted by molar-refractivity contribution is -0.123. The maximum Gasteiger partial charge on any atom is 0.254 e. The van der Waals surface area contributed by atoms with E-state index < -0.39 is 5.79 Å². The van der Waals surface area contributed by atoms with Crippen LogP contribution in [0.4, 0.5) is 0 Å².